The maximum Gasteiger partial charge on any atom is 0.336 e. The average Bonchev–Trinajstić information content (AvgIpc) is 3.05. The molecule has 0 aliphatic rings. The fraction of sp³-hybridized carbons (Fsp3) is 0.0606. The maximum atomic E-state index is 12.8. The van der Waals surface area contributed by atoms with Gasteiger partial charge >= 0.3 is 11.9 Å². The van der Waals surface area contributed by atoms with E-state index in [9.17, 15) is 29.3 Å². The van der Waals surface area contributed by atoms with Gasteiger partial charge in [-0.25, -0.2) is 10.2 Å². The molecule has 0 radical (unpaired) electrons. The highest BCUT2D eigenvalue weighted by Crippen LogP contribution is 2.29. The van der Waals surface area contributed by atoms with Crippen LogP contribution in [0.2, 0.25) is 0 Å². The molecule has 0 aliphatic heterocycles. The van der Waals surface area contributed by atoms with Crippen LogP contribution >= 0.6 is 15.9 Å². The molecule has 4 aromatic carbocycles. The number of rotatable bonds is 11. The summed E-state index contributed by atoms with van der Waals surface area (Å²) >= 11 is 3.35. The first kappa shape index (κ1) is 33.7. The van der Waals surface area contributed by atoms with Crippen molar-refractivity contribution in [1.82, 2.24) is 5.43 Å². The largest absolute Gasteiger partial charge is 0.493 e. The van der Waals surface area contributed by atoms with E-state index in [0.29, 0.717) is 21.3 Å². The highest BCUT2D eigenvalue weighted by Gasteiger charge is 2.14. The number of nitro benzene ring substituents is 1. The minimum Gasteiger partial charge on any atom is -0.493 e. The standard InChI is InChI=1S/C33H25BrN4O9/c1-20(39)46-29-13-9-23(18-30(29)45-2)32(41)36-26-5-3-4-22(17-26)33(42)37-35-19-24-16-25(34)10-14-28(24)47-31(40)15-8-21-6-11-27(12-7-21)38(43)44/h3-19H,1-2H3,(H,36,41)(H,37,42)/b15-8+,35-19?. The summed E-state index contributed by atoms with van der Waals surface area (Å²) in [6, 6.07) is 20.9. The lowest BCUT2D eigenvalue weighted by molar-refractivity contribution is -0.384. The number of esters is 2. The number of amides is 2. The van der Waals surface area contributed by atoms with E-state index in [1.165, 1.54) is 93.1 Å². The highest BCUT2D eigenvalue weighted by molar-refractivity contribution is 9.10. The minimum atomic E-state index is -0.706. The van der Waals surface area contributed by atoms with Crippen LogP contribution in [0.25, 0.3) is 6.08 Å². The first-order valence-electron chi connectivity index (χ1n) is 13.6. The lowest BCUT2D eigenvalue weighted by Crippen LogP contribution is -2.18. The molecule has 2 amide bonds. The van der Waals surface area contributed by atoms with Crippen molar-refractivity contribution in [3.63, 3.8) is 0 Å². The zero-order valence-electron chi connectivity index (χ0n) is 24.8. The molecule has 0 aromatic heterocycles. The summed E-state index contributed by atoms with van der Waals surface area (Å²) in [5.74, 6) is -1.79. The van der Waals surface area contributed by atoms with E-state index < -0.39 is 28.7 Å². The topological polar surface area (TPSA) is 176 Å². The second-order valence-electron chi connectivity index (χ2n) is 9.48. The third kappa shape index (κ3) is 9.67. The maximum absolute atomic E-state index is 12.8. The molecule has 0 atom stereocenters. The van der Waals surface area contributed by atoms with Crippen molar-refractivity contribution in [1.29, 1.82) is 0 Å². The number of carbonyl (C=O) groups is 4. The molecular weight excluding hydrogens is 676 g/mol. The Balaban J connectivity index is 1.39. The van der Waals surface area contributed by atoms with Gasteiger partial charge in [-0.3, -0.25) is 24.5 Å². The van der Waals surface area contributed by atoms with Crippen LogP contribution in [0.3, 0.4) is 0 Å². The van der Waals surface area contributed by atoms with Crippen LogP contribution in [-0.2, 0) is 9.59 Å². The molecule has 0 heterocycles. The third-order valence-electron chi connectivity index (χ3n) is 6.13. The van der Waals surface area contributed by atoms with Crippen LogP contribution in [0.15, 0.2) is 101 Å². The highest BCUT2D eigenvalue weighted by atomic mass is 79.9. The summed E-state index contributed by atoms with van der Waals surface area (Å²) in [7, 11) is 1.38. The molecule has 13 nitrogen and oxygen atoms in total. The van der Waals surface area contributed by atoms with Crippen LogP contribution < -0.4 is 25.0 Å². The predicted molar refractivity (Wildman–Crippen MR) is 176 cm³/mol. The number of benzene rings is 4. The number of hydrogen-bond acceptors (Lipinski definition) is 10. The van der Waals surface area contributed by atoms with Crippen molar-refractivity contribution in [2.45, 2.75) is 6.92 Å². The molecule has 47 heavy (non-hydrogen) atoms. The predicted octanol–water partition coefficient (Wildman–Crippen LogP) is 5.93. The second kappa shape index (κ2) is 15.7. The molecule has 0 bridgehead atoms. The van der Waals surface area contributed by atoms with Crippen LogP contribution in [0.1, 0.15) is 38.8 Å². The van der Waals surface area contributed by atoms with Gasteiger partial charge in [0.1, 0.15) is 5.75 Å². The number of methoxy groups -OCH3 is 1. The molecule has 0 spiro atoms. The van der Waals surface area contributed by atoms with Crippen molar-refractivity contribution in [3.05, 3.63) is 128 Å². The Bertz CT molecular complexity index is 1910. The van der Waals surface area contributed by atoms with Gasteiger partial charge in [0.05, 0.1) is 18.2 Å². The van der Waals surface area contributed by atoms with Crippen molar-refractivity contribution in [2.75, 3.05) is 12.4 Å². The smallest absolute Gasteiger partial charge is 0.336 e. The fourth-order valence-electron chi connectivity index (χ4n) is 3.94. The number of anilines is 1. The average molecular weight is 701 g/mol. The van der Waals surface area contributed by atoms with Crippen LogP contribution in [0.5, 0.6) is 17.2 Å². The molecule has 4 rings (SSSR count). The van der Waals surface area contributed by atoms with Gasteiger partial charge in [-0.05, 0) is 78.4 Å². The van der Waals surface area contributed by atoms with Crippen LogP contribution in [-0.4, -0.2) is 42.0 Å². The molecule has 2 N–H and O–H groups in total. The molecule has 0 aliphatic carbocycles. The summed E-state index contributed by atoms with van der Waals surface area (Å²) in [4.78, 5) is 59.7. The quantitative estimate of drug-likeness (QED) is 0.0480. The Labute approximate surface area is 276 Å². The molecule has 0 saturated carbocycles. The van der Waals surface area contributed by atoms with Gasteiger partial charge in [0.2, 0.25) is 0 Å². The van der Waals surface area contributed by atoms with E-state index in [2.05, 4.69) is 31.8 Å². The summed E-state index contributed by atoms with van der Waals surface area (Å²) < 4.78 is 16.4. The van der Waals surface area contributed by atoms with Gasteiger partial charge in [-0.1, -0.05) is 22.0 Å². The Morgan fingerprint density at radius 3 is 2.28 bits per heavy atom. The number of halogens is 1. The second-order valence-corrected chi connectivity index (χ2v) is 10.4. The van der Waals surface area contributed by atoms with Crippen LogP contribution in [0.4, 0.5) is 11.4 Å². The number of hydrazone groups is 1. The number of carbonyl (C=O) groups excluding carboxylic acids is 4. The third-order valence-corrected chi connectivity index (χ3v) is 6.62. The van der Waals surface area contributed by atoms with Crippen molar-refractivity contribution >= 4 is 63.3 Å². The summed E-state index contributed by atoms with van der Waals surface area (Å²) in [6.07, 6.45) is 3.92. The molecule has 0 unspecified atom stereocenters. The Morgan fingerprint density at radius 1 is 0.851 bits per heavy atom. The van der Waals surface area contributed by atoms with E-state index in [4.69, 9.17) is 14.2 Å². The number of ether oxygens (including phenoxy) is 3. The fourth-order valence-corrected chi connectivity index (χ4v) is 4.32. The van der Waals surface area contributed by atoms with Crippen molar-refractivity contribution in [2.24, 2.45) is 5.10 Å². The van der Waals surface area contributed by atoms with E-state index in [1.807, 2.05) is 0 Å². The number of nitro groups is 1. The first-order chi connectivity index (χ1) is 22.5. The zero-order chi connectivity index (χ0) is 33.9. The van der Waals surface area contributed by atoms with E-state index >= 15 is 0 Å². The molecular formula is C33H25BrN4O9. The normalized spacial score (nSPS) is 10.8. The van der Waals surface area contributed by atoms with E-state index in [1.54, 1.807) is 24.3 Å². The van der Waals surface area contributed by atoms with Gasteiger partial charge in [0, 0.05) is 52.0 Å². The molecule has 14 heteroatoms. The molecule has 238 valence electrons. The lowest BCUT2D eigenvalue weighted by Gasteiger charge is -2.11. The number of nitrogens with zero attached hydrogens (tertiary/aromatic N) is 2. The number of nitrogens with one attached hydrogen (secondary N) is 2. The summed E-state index contributed by atoms with van der Waals surface area (Å²) in [5.41, 5.74) is 4.01. The van der Waals surface area contributed by atoms with Crippen molar-refractivity contribution < 1.29 is 38.3 Å². The zero-order valence-corrected chi connectivity index (χ0v) is 26.3. The lowest BCUT2D eigenvalue weighted by atomic mass is 10.1. The van der Waals surface area contributed by atoms with Gasteiger partial charge < -0.3 is 19.5 Å². The van der Waals surface area contributed by atoms with Crippen LogP contribution in [0, 0.1) is 10.1 Å². The van der Waals surface area contributed by atoms with Gasteiger partial charge in [0.15, 0.2) is 11.5 Å². The summed E-state index contributed by atoms with van der Waals surface area (Å²) in [6.45, 7) is 1.25. The summed E-state index contributed by atoms with van der Waals surface area (Å²) in [5, 5.41) is 17.5. The Hall–Kier alpha value is -6.15. The molecule has 0 saturated heterocycles. The van der Waals surface area contributed by atoms with E-state index in [-0.39, 0.29) is 34.1 Å². The molecule has 0 fully saturated rings. The van der Waals surface area contributed by atoms with Gasteiger partial charge in [0.25, 0.3) is 17.5 Å². The Kier molecular flexibility index (Phi) is 11.3. The van der Waals surface area contributed by atoms with Gasteiger partial charge in [-0.15, -0.1) is 0 Å². The molecule has 4 aromatic rings. The SMILES string of the molecule is COc1cc(C(=O)Nc2cccc(C(=O)NN=Cc3cc(Br)ccc3OC(=O)/C=C/c3ccc([N+](=O)[O-])cc3)c2)ccc1OC(C)=O. The number of hydrogen-bond donors (Lipinski definition) is 2. The first-order valence-corrected chi connectivity index (χ1v) is 14.4. The minimum absolute atomic E-state index is 0.0716. The van der Waals surface area contributed by atoms with Crippen molar-refractivity contribution in [3.8, 4) is 17.2 Å². The Morgan fingerprint density at radius 2 is 1.57 bits per heavy atom. The number of non-ortho nitro benzene ring substituents is 1. The van der Waals surface area contributed by atoms with Gasteiger partial charge in [-0.2, -0.15) is 5.10 Å². The monoisotopic (exact) mass is 700 g/mol. The van der Waals surface area contributed by atoms with E-state index in [0.717, 1.165) is 0 Å².